The van der Waals surface area contributed by atoms with Crippen LogP contribution in [-0.4, -0.2) is 37.6 Å². The summed E-state index contributed by atoms with van der Waals surface area (Å²) in [5.74, 6) is 0. The largest absolute Gasteiger partial charge is 0.373 e. The predicted molar refractivity (Wildman–Crippen MR) is 74.7 cm³/mol. The molecule has 1 atom stereocenters. The quantitative estimate of drug-likeness (QED) is 0.814. The van der Waals surface area contributed by atoms with E-state index in [4.69, 9.17) is 5.26 Å². The van der Waals surface area contributed by atoms with E-state index in [9.17, 15) is 0 Å². The summed E-state index contributed by atoms with van der Waals surface area (Å²) in [4.78, 5) is 4.81. The Morgan fingerprint density at radius 2 is 2.33 bits per heavy atom. The lowest BCUT2D eigenvalue weighted by Gasteiger charge is -2.29. The number of nitriles is 1. The van der Waals surface area contributed by atoms with Crippen molar-refractivity contribution in [3.8, 4) is 6.07 Å². The van der Waals surface area contributed by atoms with Gasteiger partial charge in [-0.15, -0.1) is 0 Å². The van der Waals surface area contributed by atoms with Crippen molar-refractivity contribution in [3.05, 3.63) is 29.8 Å². The summed E-state index contributed by atoms with van der Waals surface area (Å²) in [5.41, 5.74) is 1.87. The standard InChI is InChI=1S/C15H21N3/c1-3-18-9-5-8-15(18)12-17(2)14-7-4-6-13(10-14)11-16/h4,6-7,10,15H,3,5,8-9,12H2,1-2H3. The number of anilines is 1. The molecule has 2 rings (SSSR count). The van der Waals surface area contributed by atoms with Gasteiger partial charge in [-0.1, -0.05) is 13.0 Å². The van der Waals surface area contributed by atoms with Crippen LogP contribution >= 0.6 is 0 Å². The molecule has 0 N–H and O–H groups in total. The summed E-state index contributed by atoms with van der Waals surface area (Å²) in [5, 5.41) is 8.93. The zero-order chi connectivity index (χ0) is 13.0. The summed E-state index contributed by atoms with van der Waals surface area (Å²) < 4.78 is 0. The second-order valence-electron chi connectivity index (χ2n) is 4.97. The van der Waals surface area contributed by atoms with E-state index in [1.165, 1.54) is 19.4 Å². The third kappa shape index (κ3) is 2.83. The van der Waals surface area contributed by atoms with Gasteiger partial charge in [0.2, 0.25) is 0 Å². The van der Waals surface area contributed by atoms with Gasteiger partial charge in [-0.3, -0.25) is 4.90 Å². The lowest BCUT2D eigenvalue weighted by Crippen LogP contribution is -2.38. The van der Waals surface area contributed by atoms with Crippen molar-refractivity contribution in [2.24, 2.45) is 0 Å². The van der Waals surface area contributed by atoms with E-state index in [1.54, 1.807) is 0 Å². The molecule has 3 heteroatoms. The molecule has 1 aliphatic rings. The van der Waals surface area contributed by atoms with Crippen LogP contribution in [0.3, 0.4) is 0 Å². The molecular formula is C15H21N3. The van der Waals surface area contributed by atoms with Crippen LogP contribution in [-0.2, 0) is 0 Å². The van der Waals surface area contributed by atoms with E-state index < -0.39 is 0 Å². The molecule has 3 nitrogen and oxygen atoms in total. The molecule has 18 heavy (non-hydrogen) atoms. The number of likely N-dealkylation sites (tertiary alicyclic amines) is 1. The van der Waals surface area contributed by atoms with E-state index >= 15 is 0 Å². The average Bonchev–Trinajstić information content (AvgIpc) is 2.86. The molecule has 0 spiro atoms. The van der Waals surface area contributed by atoms with Crippen molar-refractivity contribution in [1.29, 1.82) is 5.26 Å². The average molecular weight is 243 g/mol. The molecule has 1 aliphatic heterocycles. The first-order valence-corrected chi connectivity index (χ1v) is 6.70. The third-order valence-corrected chi connectivity index (χ3v) is 3.81. The van der Waals surface area contributed by atoms with Crippen molar-refractivity contribution in [3.63, 3.8) is 0 Å². The lowest BCUT2D eigenvalue weighted by atomic mass is 10.1. The smallest absolute Gasteiger partial charge is 0.0992 e. The minimum Gasteiger partial charge on any atom is -0.373 e. The maximum atomic E-state index is 8.93. The monoisotopic (exact) mass is 243 g/mol. The van der Waals surface area contributed by atoms with Crippen molar-refractivity contribution < 1.29 is 0 Å². The van der Waals surface area contributed by atoms with Gasteiger partial charge in [0.05, 0.1) is 11.6 Å². The van der Waals surface area contributed by atoms with Crippen molar-refractivity contribution in [2.75, 3.05) is 31.6 Å². The first-order valence-electron chi connectivity index (χ1n) is 6.70. The van der Waals surface area contributed by atoms with E-state index in [2.05, 4.69) is 35.9 Å². The molecular weight excluding hydrogens is 222 g/mol. The summed E-state index contributed by atoms with van der Waals surface area (Å²) in [6.45, 7) is 5.64. The summed E-state index contributed by atoms with van der Waals surface area (Å²) in [6, 6.07) is 10.7. The Labute approximate surface area is 110 Å². The van der Waals surface area contributed by atoms with Gasteiger partial charge in [-0.05, 0) is 44.1 Å². The molecule has 0 saturated carbocycles. The van der Waals surface area contributed by atoms with Crippen molar-refractivity contribution in [1.82, 2.24) is 4.90 Å². The minimum absolute atomic E-state index is 0.658. The SMILES string of the molecule is CCN1CCCC1CN(C)c1cccc(C#N)c1. The zero-order valence-corrected chi connectivity index (χ0v) is 11.3. The molecule has 0 bridgehead atoms. The van der Waals surface area contributed by atoms with Gasteiger partial charge in [0, 0.05) is 25.3 Å². The van der Waals surface area contributed by atoms with Gasteiger partial charge in [-0.25, -0.2) is 0 Å². The minimum atomic E-state index is 0.658. The first-order chi connectivity index (χ1) is 8.74. The fraction of sp³-hybridized carbons (Fsp3) is 0.533. The first kappa shape index (κ1) is 12.9. The van der Waals surface area contributed by atoms with Crippen LogP contribution in [0.25, 0.3) is 0 Å². The summed E-state index contributed by atoms with van der Waals surface area (Å²) in [7, 11) is 2.11. The Kier molecular flexibility index (Phi) is 4.22. The Morgan fingerprint density at radius 1 is 1.50 bits per heavy atom. The van der Waals surface area contributed by atoms with E-state index in [1.807, 2.05) is 18.2 Å². The number of rotatable bonds is 4. The van der Waals surface area contributed by atoms with E-state index in [0.717, 1.165) is 24.3 Å². The van der Waals surface area contributed by atoms with Gasteiger partial charge < -0.3 is 4.90 Å². The number of hydrogen-bond donors (Lipinski definition) is 0. The Morgan fingerprint density at radius 3 is 3.06 bits per heavy atom. The summed E-state index contributed by atoms with van der Waals surface area (Å²) >= 11 is 0. The van der Waals surface area contributed by atoms with Crippen LogP contribution in [0.15, 0.2) is 24.3 Å². The highest BCUT2D eigenvalue weighted by Crippen LogP contribution is 2.21. The maximum Gasteiger partial charge on any atom is 0.0992 e. The zero-order valence-electron chi connectivity index (χ0n) is 11.3. The third-order valence-electron chi connectivity index (χ3n) is 3.81. The number of likely N-dealkylation sites (N-methyl/N-ethyl adjacent to an activating group) is 2. The van der Waals surface area contributed by atoms with Crippen LogP contribution in [0, 0.1) is 11.3 Å². The molecule has 0 aromatic heterocycles. The van der Waals surface area contributed by atoms with E-state index in [-0.39, 0.29) is 0 Å². The number of hydrogen-bond acceptors (Lipinski definition) is 3. The Bertz CT molecular complexity index is 436. The molecule has 0 aliphatic carbocycles. The van der Waals surface area contributed by atoms with Crippen LogP contribution in [0.1, 0.15) is 25.3 Å². The second kappa shape index (κ2) is 5.88. The molecule has 1 saturated heterocycles. The second-order valence-corrected chi connectivity index (χ2v) is 4.97. The Balaban J connectivity index is 2.03. The van der Waals surface area contributed by atoms with Gasteiger partial charge >= 0.3 is 0 Å². The van der Waals surface area contributed by atoms with Gasteiger partial charge in [0.25, 0.3) is 0 Å². The lowest BCUT2D eigenvalue weighted by molar-refractivity contribution is 0.270. The number of nitrogens with zero attached hydrogens (tertiary/aromatic N) is 3. The normalized spacial score (nSPS) is 19.7. The molecule has 1 aromatic rings. The highest BCUT2D eigenvalue weighted by atomic mass is 15.2. The fourth-order valence-electron chi connectivity index (χ4n) is 2.75. The topological polar surface area (TPSA) is 30.3 Å². The number of benzene rings is 1. The Hall–Kier alpha value is -1.53. The van der Waals surface area contributed by atoms with Gasteiger partial charge in [0.15, 0.2) is 0 Å². The van der Waals surface area contributed by atoms with Crippen LogP contribution in [0.5, 0.6) is 0 Å². The summed E-state index contributed by atoms with van der Waals surface area (Å²) in [6.07, 6.45) is 2.60. The van der Waals surface area contributed by atoms with Crippen molar-refractivity contribution >= 4 is 5.69 Å². The molecule has 1 unspecified atom stereocenters. The molecule has 1 fully saturated rings. The van der Waals surface area contributed by atoms with E-state index in [0.29, 0.717) is 6.04 Å². The molecule has 0 radical (unpaired) electrons. The molecule has 1 aromatic carbocycles. The highest BCUT2D eigenvalue weighted by molar-refractivity contribution is 5.51. The van der Waals surface area contributed by atoms with Crippen LogP contribution < -0.4 is 4.90 Å². The molecule has 96 valence electrons. The van der Waals surface area contributed by atoms with Gasteiger partial charge in [0.1, 0.15) is 0 Å². The van der Waals surface area contributed by atoms with Crippen LogP contribution in [0.2, 0.25) is 0 Å². The highest BCUT2D eigenvalue weighted by Gasteiger charge is 2.24. The fourth-order valence-corrected chi connectivity index (χ4v) is 2.75. The molecule has 1 heterocycles. The van der Waals surface area contributed by atoms with Crippen LogP contribution in [0.4, 0.5) is 5.69 Å². The maximum absolute atomic E-state index is 8.93. The van der Waals surface area contributed by atoms with Gasteiger partial charge in [-0.2, -0.15) is 5.26 Å². The molecule has 0 amide bonds. The predicted octanol–water partition coefficient (Wildman–Crippen LogP) is 2.48. The van der Waals surface area contributed by atoms with Crippen molar-refractivity contribution in [2.45, 2.75) is 25.8 Å².